The van der Waals surface area contributed by atoms with E-state index in [9.17, 15) is 22.8 Å². The van der Waals surface area contributed by atoms with Crippen LogP contribution >= 0.6 is 22.9 Å². The molecule has 0 saturated heterocycles. The molecule has 4 aromatic rings. The zero-order chi connectivity index (χ0) is 21.5. The molecule has 1 amide bonds. The molecule has 0 aliphatic heterocycles. The Bertz CT molecular complexity index is 1490. The summed E-state index contributed by atoms with van der Waals surface area (Å²) in [5, 5.41) is 0.327. The molecule has 1 N–H and O–H groups in total. The summed E-state index contributed by atoms with van der Waals surface area (Å²) in [6.07, 6.45) is 0.174. The molecule has 11 heteroatoms. The summed E-state index contributed by atoms with van der Waals surface area (Å²) >= 11 is 6.63. The van der Waals surface area contributed by atoms with E-state index in [1.807, 2.05) is 0 Å². The van der Waals surface area contributed by atoms with Crippen molar-refractivity contribution in [1.29, 1.82) is 0 Å². The molecule has 30 heavy (non-hydrogen) atoms. The van der Waals surface area contributed by atoms with Gasteiger partial charge in [0.2, 0.25) is 6.41 Å². The molecule has 2 aromatic carbocycles. The summed E-state index contributed by atoms with van der Waals surface area (Å²) < 4.78 is 27.1. The Hall–Kier alpha value is -3.21. The van der Waals surface area contributed by atoms with Gasteiger partial charge >= 0.3 is 5.69 Å². The van der Waals surface area contributed by atoms with Gasteiger partial charge in [-0.25, -0.2) is 13.7 Å². The van der Waals surface area contributed by atoms with Crippen LogP contribution in [0.25, 0.3) is 16.6 Å². The normalized spacial score (nSPS) is 11.5. The van der Waals surface area contributed by atoms with Gasteiger partial charge < -0.3 is 4.98 Å². The molecule has 0 saturated carbocycles. The molecule has 2 aromatic heterocycles. The number of para-hydroxylation sites is 1. The van der Waals surface area contributed by atoms with Crippen molar-refractivity contribution >= 4 is 56.0 Å². The lowest BCUT2D eigenvalue weighted by atomic mass is 10.2. The number of carbonyl (C=O) groups is 1. The van der Waals surface area contributed by atoms with E-state index in [1.165, 1.54) is 36.4 Å². The zero-order valence-corrected chi connectivity index (χ0v) is 17.4. The number of anilines is 1. The van der Waals surface area contributed by atoms with E-state index in [-0.39, 0.29) is 26.3 Å². The van der Waals surface area contributed by atoms with Crippen molar-refractivity contribution in [3.63, 3.8) is 0 Å². The highest BCUT2D eigenvalue weighted by atomic mass is 35.5. The minimum absolute atomic E-state index is 0.0449. The standard InChI is InChI=1S/C19H12ClN3O5S2/c20-16-9-10-17(29-16)30(27,28)22(11-24)12-5-7-13(8-6-12)23-18(25)14-3-1-2-4-15(14)21-19(23)26/h1-11H,(H,21,26). The molecule has 8 nitrogen and oxygen atoms in total. The SMILES string of the molecule is O=CN(c1ccc(-n2c(=O)[nH]c3ccccc3c2=O)cc1)S(=O)(=O)c1ccc(Cl)s1. The number of thiophene rings is 1. The zero-order valence-electron chi connectivity index (χ0n) is 15.0. The number of nitrogens with zero attached hydrogens (tertiary/aromatic N) is 2. The highest BCUT2D eigenvalue weighted by Crippen LogP contribution is 2.30. The molecule has 0 atom stereocenters. The first-order chi connectivity index (χ1) is 14.3. The van der Waals surface area contributed by atoms with Crippen molar-refractivity contribution < 1.29 is 13.2 Å². The monoisotopic (exact) mass is 461 g/mol. The molecule has 0 aliphatic rings. The van der Waals surface area contributed by atoms with E-state index < -0.39 is 21.3 Å². The molecule has 0 spiro atoms. The molecule has 0 bridgehead atoms. The van der Waals surface area contributed by atoms with Crippen molar-refractivity contribution in [2.45, 2.75) is 4.21 Å². The van der Waals surface area contributed by atoms with Crippen LogP contribution in [0.15, 0.2) is 74.5 Å². The van der Waals surface area contributed by atoms with Crippen LogP contribution in [0.1, 0.15) is 0 Å². The Morgan fingerprint density at radius 2 is 1.70 bits per heavy atom. The minimum atomic E-state index is -4.14. The van der Waals surface area contributed by atoms with Gasteiger partial charge in [0, 0.05) is 0 Å². The second-order valence-electron chi connectivity index (χ2n) is 6.10. The number of nitrogens with one attached hydrogen (secondary N) is 1. The second-order valence-corrected chi connectivity index (χ2v) is 9.85. The molecular weight excluding hydrogens is 450 g/mol. The third-order valence-electron chi connectivity index (χ3n) is 4.33. The number of amides is 1. The Kier molecular flexibility index (Phi) is 5.06. The van der Waals surface area contributed by atoms with Crippen LogP contribution in [-0.2, 0) is 14.8 Å². The van der Waals surface area contributed by atoms with Gasteiger partial charge in [0.1, 0.15) is 4.21 Å². The maximum atomic E-state index is 12.7. The van der Waals surface area contributed by atoms with Crippen LogP contribution in [0.5, 0.6) is 0 Å². The smallest absolute Gasteiger partial charge is 0.306 e. The average Bonchev–Trinajstić information content (AvgIpc) is 3.17. The van der Waals surface area contributed by atoms with E-state index in [0.29, 0.717) is 15.2 Å². The fourth-order valence-corrected chi connectivity index (χ4v) is 5.73. The Morgan fingerprint density at radius 3 is 2.33 bits per heavy atom. The number of benzene rings is 2. The van der Waals surface area contributed by atoms with Gasteiger partial charge in [-0.2, -0.15) is 8.42 Å². The fourth-order valence-electron chi connectivity index (χ4n) is 2.94. The fraction of sp³-hybridized carbons (Fsp3) is 0. The van der Waals surface area contributed by atoms with Crippen molar-refractivity contribution in [3.05, 3.63) is 85.8 Å². The number of halogens is 1. The quantitative estimate of drug-likeness (QED) is 0.459. The summed E-state index contributed by atoms with van der Waals surface area (Å²) in [5.74, 6) is 0. The lowest BCUT2D eigenvalue weighted by Gasteiger charge is -2.17. The number of rotatable bonds is 5. The summed E-state index contributed by atoms with van der Waals surface area (Å²) in [6, 6.07) is 14.7. The van der Waals surface area contributed by atoms with Gasteiger partial charge in [0.05, 0.1) is 26.6 Å². The summed E-state index contributed by atoms with van der Waals surface area (Å²) in [6.45, 7) is 0. The molecule has 0 aliphatic carbocycles. The third kappa shape index (κ3) is 3.34. The molecular formula is C19H12ClN3O5S2. The van der Waals surface area contributed by atoms with Crippen LogP contribution in [0.3, 0.4) is 0 Å². The molecule has 0 fully saturated rings. The molecule has 4 rings (SSSR count). The lowest BCUT2D eigenvalue weighted by Crippen LogP contribution is -2.33. The number of aromatic nitrogens is 2. The Morgan fingerprint density at radius 1 is 1.00 bits per heavy atom. The van der Waals surface area contributed by atoms with Gasteiger partial charge in [0.25, 0.3) is 15.6 Å². The molecule has 2 heterocycles. The van der Waals surface area contributed by atoms with Crippen LogP contribution in [0, 0.1) is 0 Å². The van der Waals surface area contributed by atoms with Gasteiger partial charge in [-0.15, -0.1) is 11.3 Å². The first-order valence-corrected chi connectivity index (χ1v) is 11.1. The van der Waals surface area contributed by atoms with Crippen molar-refractivity contribution in [1.82, 2.24) is 9.55 Å². The maximum absolute atomic E-state index is 12.7. The van der Waals surface area contributed by atoms with E-state index in [2.05, 4.69) is 4.98 Å². The van der Waals surface area contributed by atoms with E-state index in [0.717, 1.165) is 15.9 Å². The Labute approximate surface area is 178 Å². The van der Waals surface area contributed by atoms with Crippen LogP contribution in [-0.4, -0.2) is 24.4 Å². The van der Waals surface area contributed by atoms with Gasteiger partial charge in [-0.1, -0.05) is 23.7 Å². The number of hydrogen-bond acceptors (Lipinski definition) is 6. The number of carbonyl (C=O) groups excluding carboxylic acids is 1. The third-order valence-corrected chi connectivity index (χ3v) is 7.69. The highest BCUT2D eigenvalue weighted by Gasteiger charge is 2.26. The molecule has 152 valence electrons. The number of fused-ring (bicyclic) bond motifs is 1. The first-order valence-electron chi connectivity index (χ1n) is 8.42. The van der Waals surface area contributed by atoms with Gasteiger partial charge in [-0.3, -0.25) is 9.59 Å². The number of sulfonamides is 1. The predicted octanol–water partition coefficient (Wildman–Crippen LogP) is 2.75. The van der Waals surface area contributed by atoms with Crippen LogP contribution in [0.4, 0.5) is 5.69 Å². The highest BCUT2D eigenvalue weighted by molar-refractivity contribution is 7.95. The van der Waals surface area contributed by atoms with Crippen molar-refractivity contribution in [3.8, 4) is 5.69 Å². The first kappa shape index (κ1) is 20.1. The van der Waals surface area contributed by atoms with E-state index in [1.54, 1.807) is 24.3 Å². The van der Waals surface area contributed by atoms with Crippen molar-refractivity contribution in [2.24, 2.45) is 0 Å². The summed E-state index contributed by atoms with van der Waals surface area (Å²) in [7, 11) is -4.14. The van der Waals surface area contributed by atoms with Gasteiger partial charge in [0.15, 0.2) is 0 Å². The number of aromatic amines is 1. The number of H-pyrrole nitrogens is 1. The van der Waals surface area contributed by atoms with E-state index >= 15 is 0 Å². The minimum Gasteiger partial charge on any atom is -0.306 e. The Balaban J connectivity index is 1.78. The largest absolute Gasteiger partial charge is 0.333 e. The molecule has 0 unspecified atom stereocenters. The summed E-state index contributed by atoms with van der Waals surface area (Å²) in [5.41, 5.74) is -0.482. The molecule has 0 radical (unpaired) electrons. The topological polar surface area (TPSA) is 109 Å². The average molecular weight is 462 g/mol. The van der Waals surface area contributed by atoms with Crippen molar-refractivity contribution in [2.75, 3.05) is 4.31 Å². The maximum Gasteiger partial charge on any atom is 0.333 e. The number of hydrogen-bond donors (Lipinski definition) is 1. The second kappa shape index (κ2) is 7.56. The van der Waals surface area contributed by atoms with Crippen LogP contribution < -0.4 is 15.6 Å². The lowest BCUT2D eigenvalue weighted by molar-refractivity contribution is -0.106. The van der Waals surface area contributed by atoms with Gasteiger partial charge in [-0.05, 0) is 48.5 Å². The summed E-state index contributed by atoms with van der Waals surface area (Å²) in [4.78, 5) is 39.3. The van der Waals surface area contributed by atoms with E-state index in [4.69, 9.17) is 11.6 Å². The predicted molar refractivity (Wildman–Crippen MR) is 115 cm³/mol. The van der Waals surface area contributed by atoms with Crippen LogP contribution in [0.2, 0.25) is 4.34 Å².